The Hall–Kier alpha value is -2.46. The molecule has 4 aromatic rings. The summed E-state index contributed by atoms with van der Waals surface area (Å²) in [5, 5.41) is 0. The Balaban J connectivity index is 1.25. The zero-order valence-corrected chi connectivity index (χ0v) is 24.4. The van der Waals surface area contributed by atoms with Crippen molar-refractivity contribution in [3.63, 3.8) is 0 Å². The van der Waals surface area contributed by atoms with Crippen molar-refractivity contribution in [2.24, 2.45) is 0 Å². The van der Waals surface area contributed by atoms with Crippen LogP contribution >= 0.6 is 40.1 Å². The van der Waals surface area contributed by atoms with Gasteiger partial charge in [-0.15, -0.1) is 0 Å². The third-order valence-electron chi connectivity index (χ3n) is 7.58. The van der Waals surface area contributed by atoms with Crippen molar-refractivity contribution in [2.45, 2.75) is 38.5 Å². The van der Waals surface area contributed by atoms with Gasteiger partial charge >= 0.3 is 8.25 Å². The maximum Gasteiger partial charge on any atom is 0.805 e. The largest absolute Gasteiger partial charge is 0.805 e. The van der Waals surface area contributed by atoms with Crippen LogP contribution in [0, 0.1) is 0 Å². The van der Waals surface area contributed by atoms with Crippen LogP contribution < -0.4 is 9.05 Å². The number of hydrogen-bond acceptors (Lipinski definition) is 3. The van der Waals surface area contributed by atoms with Crippen LogP contribution in [0.15, 0.2) is 81.7 Å². The molecule has 2 aliphatic carbocycles. The molecule has 4 aromatic carbocycles. The molecule has 6 rings (SSSR count). The zero-order chi connectivity index (χ0) is 25.4. The highest BCUT2D eigenvalue weighted by atomic mass is 79.9. The molecule has 6 heteroatoms. The van der Waals surface area contributed by atoms with Crippen molar-refractivity contribution >= 4 is 40.1 Å². The van der Waals surface area contributed by atoms with Gasteiger partial charge in [-0.05, 0) is 93.0 Å². The second-order valence-electron chi connectivity index (χ2n) is 10.5. The van der Waals surface area contributed by atoms with Gasteiger partial charge in [0, 0.05) is 24.3 Å². The first-order valence-corrected chi connectivity index (χ1v) is 14.5. The van der Waals surface area contributed by atoms with E-state index in [0.29, 0.717) is 11.5 Å². The van der Waals surface area contributed by atoms with Gasteiger partial charge in [0.15, 0.2) is 11.5 Å². The van der Waals surface area contributed by atoms with E-state index in [9.17, 15) is 4.57 Å². The standard InChI is InChI=1S/C30H24Br2O3P/c1-29(2)25-13-17(31)5-9-21(25)23-11-7-19(15-27(23)29)34-36(33)35-20-8-12-24-22-10-6-18(32)14-26(22)30(3,4)28(24)16-20/h5-16H,1-4H3/q+1. The first-order chi connectivity index (χ1) is 17.1. The highest BCUT2D eigenvalue weighted by Gasteiger charge is 2.38. The molecule has 0 saturated carbocycles. The number of benzene rings is 4. The molecule has 36 heavy (non-hydrogen) atoms. The molecule has 3 nitrogen and oxygen atoms in total. The summed E-state index contributed by atoms with van der Waals surface area (Å²) in [5.74, 6) is 1.07. The zero-order valence-electron chi connectivity index (χ0n) is 20.4. The molecule has 0 amide bonds. The van der Waals surface area contributed by atoms with Gasteiger partial charge in [0.05, 0.1) is 0 Å². The molecule has 0 spiro atoms. The molecule has 0 unspecified atom stereocenters. The molecule has 0 fully saturated rings. The van der Waals surface area contributed by atoms with Crippen LogP contribution in [0.2, 0.25) is 0 Å². The molecule has 0 heterocycles. The van der Waals surface area contributed by atoms with Crippen LogP contribution in [0.3, 0.4) is 0 Å². The molecule has 0 radical (unpaired) electrons. The van der Waals surface area contributed by atoms with Gasteiger partial charge in [-0.1, -0.05) is 83.8 Å². The van der Waals surface area contributed by atoms with Crippen molar-refractivity contribution in [3.8, 4) is 33.8 Å². The predicted octanol–water partition coefficient (Wildman–Crippen LogP) is 9.94. The molecule has 0 saturated heterocycles. The number of fused-ring (bicyclic) bond motifs is 6. The summed E-state index contributed by atoms with van der Waals surface area (Å²) in [6, 6.07) is 24.5. The highest BCUT2D eigenvalue weighted by Crippen LogP contribution is 2.52. The maximum atomic E-state index is 12.9. The normalized spacial score (nSPS) is 15.5. The molecule has 0 bridgehead atoms. The monoisotopic (exact) mass is 621 g/mol. The average Bonchev–Trinajstić information content (AvgIpc) is 3.18. The number of rotatable bonds is 4. The highest BCUT2D eigenvalue weighted by molar-refractivity contribution is 9.10. The molecule has 0 aromatic heterocycles. The number of hydrogen-bond donors (Lipinski definition) is 0. The van der Waals surface area contributed by atoms with E-state index in [0.717, 1.165) is 20.1 Å². The topological polar surface area (TPSA) is 35.5 Å². The second-order valence-corrected chi connectivity index (χ2v) is 13.1. The van der Waals surface area contributed by atoms with E-state index in [4.69, 9.17) is 9.05 Å². The van der Waals surface area contributed by atoms with E-state index in [1.165, 1.54) is 33.4 Å². The van der Waals surface area contributed by atoms with Crippen LogP contribution in [0.5, 0.6) is 11.5 Å². The summed E-state index contributed by atoms with van der Waals surface area (Å²) in [7, 11) is -2.40. The molecule has 0 atom stereocenters. The van der Waals surface area contributed by atoms with Crippen LogP contribution in [-0.2, 0) is 15.4 Å². The Morgan fingerprint density at radius 1 is 0.556 bits per heavy atom. The van der Waals surface area contributed by atoms with E-state index in [-0.39, 0.29) is 10.8 Å². The van der Waals surface area contributed by atoms with Crippen molar-refractivity contribution in [1.29, 1.82) is 0 Å². The first kappa shape index (κ1) is 23.9. The predicted molar refractivity (Wildman–Crippen MR) is 152 cm³/mol. The lowest BCUT2D eigenvalue weighted by atomic mass is 9.82. The van der Waals surface area contributed by atoms with E-state index >= 15 is 0 Å². The minimum absolute atomic E-state index is 0.185. The van der Waals surface area contributed by atoms with Gasteiger partial charge in [-0.2, -0.15) is 0 Å². The summed E-state index contributed by atoms with van der Waals surface area (Å²) >= 11 is 7.19. The maximum absolute atomic E-state index is 12.9. The van der Waals surface area contributed by atoms with Crippen LogP contribution in [-0.4, -0.2) is 0 Å². The van der Waals surface area contributed by atoms with E-state index in [1.54, 1.807) is 0 Å². The van der Waals surface area contributed by atoms with E-state index < -0.39 is 8.25 Å². The van der Waals surface area contributed by atoms with Crippen LogP contribution in [0.1, 0.15) is 49.9 Å². The molecular weight excluding hydrogens is 599 g/mol. The van der Waals surface area contributed by atoms with Gasteiger partial charge in [-0.25, -0.2) is 9.05 Å². The van der Waals surface area contributed by atoms with Gasteiger partial charge < -0.3 is 0 Å². The molecular formula is C30H24Br2O3P+. The first-order valence-electron chi connectivity index (χ1n) is 11.8. The third kappa shape index (κ3) is 3.67. The second kappa shape index (κ2) is 8.28. The van der Waals surface area contributed by atoms with Crippen LogP contribution in [0.25, 0.3) is 22.3 Å². The Bertz CT molecular complexity index is 1470. The van der Waals surface area contributed by atoms with Crippen molar-refractivity contribution in [3.05, 3.63) is 104 Å². The summed E-state index contributed by atoms with van der Waals surface area (Å²) in [5.41, 5.74) is 9.26. The quantitative estimate of drug-likeness (QED) is 0.212. The SMILES string of the molecule is CC1(C)c2cc(Br)ccc2-c2ccc(O[P+](=O)Oc3ccc4c(c3)C(C)(C)c3cc(Br)ccc3-4)cc21. The Morgan fingerprint density at radius 2 is 0.889 bits per heavy atom. The Morgan fingerprint density at radius 3 is 1.28 bits per heavy atom. The molecule has 0 N–H and O–H groups in total. The molecule has 180 valence electrons. The summed E-state index contributed by atoms with van der Waals surface area (Å²) < 4.78 is 26.6. The molecule has 0 aliphatic heterocycles. The van der Waals surface area contributed by atoms with Crippen molar-refractivity contribution in [2.75, 3.05) is 0 Å². The Labute approximate surface area is 229 Å². The van der Waals surface area contributed by atoms with Gasteiger partial charge in [0.25, 0.3) is 0 Å². The number of halogens is 2. The van der Waals surface area contributed by atoms with Gasteiger partial charge in [0.1, 0.15) is 0 Å². The minimum Gasteiger partial charge on any atom is -0.222 e. The fourth-order valence-corrected chi connectivity index (χ4v) is 7.01. The van der Waals surface area contributed by atoms with Gasteiger partial charge in [0.2, 0.25) is 0 Å². The summed E-state index contributed by atoms with van der Waals surface area (Å²) in [6.45, 7) is 8.81. The lowest BCUT2D eigenvalue weighted by Crippen LogP contribution is -2.15. The van der Waals surface area contributed by atoms with E-state index in [2.05, 4.69) is 96.0 Å². The fraction of sp³-hybridized carbons (Fsp3) is 0.200. The summed E-state index contributed by atoms with van der Waals surface area (Å²) in [4.78, 5) is 0. The fourth-order valence-electron chi connectivity index (χ4n) is 5.68. The Kier molecular flexibility index (Phi) is 5.50. The summed E-state index contributed by atoms with van der Waals surface area (Å²) in [6.07, 6.45) is 0. The lowest BCUT2D eigenvalue weighted by molar-refractivity contribution is 0.414. The van der Waals surface area contributed by atoms with Crippen molar-refractivity contribution < 1.29 is 13.6 Å². The molecule has 2 aliphatic rings. The van der Waals surface area contributed by atoms with Crippen LogP contribution in [0.4, 0.5) is 0 Å². The third-order valence-corrected chi connectivity index (χ3v) is 9.29. The van der Waals surface area contributed by atoms with Crippen molar-refractivity contribution in [1.82, 2.24) is 0 Å². The minimum atomic E-state index is -2.40. The van der Waals surface area contributed by atoms with Gasteiger partial charge in [-0.3, -0.25) is 0 Å². The lowest BCUT2D eigenvalue weighted by Gasteiger charge is -2.21. The average molecular weight is 623 g/mol. The van der Waals surface area contributed by atoms with E-state index in [1.807, 2.05) is 36.4 Å². The smallest absolute Gasteiger partial charge is 0.222 e.